The molecule has 0 bridgehead atoms. The second-order valence-corrected chi connectivity index (χ2v) is 5.96. The van der Waals surface area contributed by atoms with Gasteiger partial charge in [0, 0.05) is 52.4 Å². The summed E-state index contributed by atoms with van der Waals surface area (Å²) in [6.07, 6.45) is 0. The predicted octanol–water partition coefficient (Wildman–Crippen LogP) is -0.437. The van der Waals surface area contributed by atoms with E-state index < -0.39 is 0 Å². The first-order valence-electron chi connectivity index (χ1n) is 7.29. The summed E-state index contributed by atoms with van der Waals surface area (Å²) in [7, 11) is 12.9. The van der Waals surface area contributed by atoms with Gasteiger partial charge >= 0.3 is 0 Å². The lowest BCUT2D eigenvalue weighted by atomic mass is 10.4. The summed E-state index contributed by atoms with van der Waals surface area (Å²) in [6, 6.07) is 0. The number of nitrogens with zero attached hydrogens (tertiary/aromatic N) is 4. The molecule has 5 heteroatoms. The third-order valence-electron chi connectivity index (χ3n) is 3.20. The van der Waals surface area contributed by atoms with Crippen molar-refractivity contribution in [1.82, 2.24) is 24.9 Å². The Hall–Kier alpha value is -0.200. The molecule has 0 atom stereocenters. The van der Waals surface area contributed by atoms with Gasteiger partial charge in [-0.05, 0) is 42.3 Å². The molecule has 0 radical (unpaired) electrons. The molecule has 0 aliphatic carbocycles. The summed E-state index contributed by atoms with van der Waals surface area (Å²) in [4.78, 5) is 9.21. The highest BCUT2D eigenvalue weighted by Crippen LogP contribution is 1.84. The lowest BCUT2D eigenvalue weighted by Gasteiger charge is -2.21. The molecule has 0 unspecified atom stereocenters. The lowest BCUT2D eigenvalue weighted by molar-refractivity contribution is 0.269. The molecule has 0 aliphatic rings. The van der Waals surface area contributed by atoms with Crippen molar-refractivity contribution in [1.29, 1.82) is 0 Å². The molecule has 0 rings (SSSR count). The van der Waals surface area contributed by atoms with Crippen LogP contribution in [0.1, 0.15) is 0 Å². The van der Waals surface area contributed by atoms with Crippen LogP contribution in [0.4, 0.5) is 0 Å². The van der Waals surface area contributed by atoms with Crippen molar-refractivity contribution >= 4 is 0 Å². The Balaban J connectivity index is 3.34. The highest BCUT2D eigenvalue weighted by molar-refractivity contribution is 4.59. The van der Waals surface area contributed by atoms with Gasteiger partial charge in [0.25, 0.3) is 0 Å². The van der Waals surface area contributed by atoms with Gasteiger partial charge in [-0.1, -0.05) is 0 Å². The van der Waals surface area contributed by atoms with E-state index in [4.69, 9.17) is 0 Å². The minimum Gasteiger partial charge on any atom is -0.314 e. The average molecular weight is 273 g/mol. The van der Waals surface area contributed by atoms with Gasteiger partial charge in [-0.3, -0.25) is 0 Å². The minimum atomic E-state index is 1.07. The van der Waals surface area contributed by atoms with Crippen molar-refractivity contribution in [2.45, 2.75) is 0 Å². The zero-order valence-corrected chi connectivity index (χ0v) is 13.9. The van der Waals surface area contributed by atoms with Gasteiger partial charge in [0.1, 0.15) is 0 Å². The molecule has 19 heavy (non-hydrogen) atoms. The van der Waals surface area contributed by atoms with Crippen LogP contribution in [-0.2, 0) is 0 Å². The first-order valence-corrected chi connectivity index (χ1v) is 7.29. The van der Waals surface area contributed by atoms with E-state index in [1.807, 2.05) is 0 Å². The molecule has 0 spiro atoms. The summed E-state index contributed by atoms with van der Waals surface area (Å²) >= 11 is 0. The fourth-order valence-corrected chi connectivity index (χ4v) is 1.63. The molecule has 0 saturated heterocycles. The molecule has 0 heterocycles. The zero-order valence-electron chi connectivity index (χ0n) is 13.9. The molecular formula is C14H35N5. The van der Waals surface area contributed by atoms with Gasteiger partial charge in [-0.2, -0.15) is 0 Å². The molecule has 0 aromatic rings. The molecule has 1 N–H and O–H groups in total. The standard InChI is InChI=1S/C14H35N5/c1-16(2)11-13-18(5)9-7-15-8-10-19(6)14-12-17(3)4/h15H,7-14H2,1-6H3. The van der Waals surface area contributed by atoms with Gasteiger partial charge < -0.3 is 24.9 Å². The quantitative estimate of drug-likeness (QED) is 0.486. The summed E-state index contributed by atoms with van der Waals surface area (Å²) in [6.45, 7) is 8.92. The molecule has 0 saturated carbocycles. The smallest absolute Gasteiger partial charge is 0.0107 e. The normalized spacial score (nSPS) is 12.3. The molecule has 0 aromatic heterocycles. The Morgan fingerprint density at radius 3 is 1.21 bits per heavy atom. The van der Waals surface area contributed by atoms with E-state index >= 15 is 0 Å². The minimum absolute atomic E-state index is 1.07. The van der Waals surface area contributed by atoms with E-state index in [1.54, 1.807) is 0 Å². The molecule has 0 amide bonds. The van der Waals surface area contributed by atoms with Crippen LogP contribution in [0.25, 0.3) is 0 Å². The van der Waals surface area contributed by atoms with Crippen molar-refractivity contribution in [2.75, 3.05) is 94.6 Å². The summed E-state index contributed by atoms with van der Waals surface area (Å²) in [5, 5.41) is 3.51. The number of rotatable bonds is 12. The Bertz CT molecular complexity index is 176. The topological polar surface area (TPSA) is 25.0 Å². The van der Waals surface area contributed by atoms with Crippen molar-refractivity contribution < 1.29 is 0 Å². The number of hydrogen-bond acceptors (Lipinski definition) is 5. The highest BCUT2D eigenvalue weighted by Gasteiger charge is 2.00. The number of likely N-dealkylation sites (N-methyl/N-ethyl adjacent to an activating group) is 4. The molecule has 0 aromatic carbocycles. The van der Waals surface area contributed by atoms with Crippen LogP contribution in [0.3, 0.4) is 0 Å². The summed E-state index contributed by atoms with van der Waals surface area (Å²) in [5.74, 6) is 0. The Morgan fingerprint density at radius 1 is 0.526 bits per heavy atom. The first-order chi connectivity index (χ1) is 8.91. The first kappa shape index (κ1) is 18.8. The largest absolute Gasteiger partial charge is 0.314 e. The second kappa shape index (κ2) is 11.6. The van der Waals surface area contributed by atoms with Crippen LogP contribution < -0.4 is 5.32 Å². The van der Waals surface area contributed by atoms with E-state index in [9.17, 15) is 0 Å². The van der Waals surface area contributed by atoms with Crippen LogP contribution in [0.5, 0.6) is 0 Å². The van der Waals surface area contributed by atoms with Crippen molar-refractivity contribution in [3.8, 4) is 0 Å². The number of nitrogens with one attached hydrogen (secondary N) is 1. The monoisotopic (exact) mass is 273 g/mol. The summed E-state index contributed by atoms with van der Waals surface area (Å²) < 4.78 is 0. The van der Waals surface area contributed by atoms with Gasteiger partial charge in [-0.25, -0.2) is 0 Å². The Morgan fingerprint density at radius 2 is 0.895 bits per heavy atom. The number of hydrogen-bond donors (Lipinski definition) is 1. The maximum atomic E-state index is 3.51. The van der Waals surface area contributed by atoms with Crippen LogP contribution in [0.2, 0.25) is 0 Å². The van der Waals surface area contributed by atoms with Crippen molar-refractivity contribution in [3.05, 3.63) is 0 Å². The van der Waals surface area contributed by atoms with E-state index in [1.165, 1.54) is 0 Å². The van der Waals surface area contributed by atoms with Crippen LogP contribution in [-0.4, -0.2) is 114 Å². The van der Waals surface area contributed by atoms with E-state index in [0.717, 1.165) is 52.4 Å². The van der Waals surface area contributed by atoms with Gasteiger partial charge in [0.05, 0.1) is 0 Å². The zero-order chi connectivity index (χ0) is 14.7. The second-order valence-electron chi connectivity index (χ2n) is 5.96. The molecule has 116 valence electrons. The highest BCUT2D eigenvalue weighted by atomic mass is 15.2. The third-order valence-corrected chi connectivity index (χ3v) is 3.20. The van der Waals surface area contributed by atoms with Crippen molar-refractivity contribution in [3.63, 3.8) is 0 Å². The third kappa shape index (κ3) is 14.0. The van der Waals surface area contributed by atoms with Gasteiger partial charge in [-0.15, -0.1) is 0 Å². The van der Waals surface area contributed by atoms with E-state index in [0.29, 0.717) is 0 Å². The molecule has 0 fully saturated rings. The SMILES string of the molecule is CN(C)CCN(C)CCNCCN(C)CCN(C)C. The maximum absolute atomic E-state index is 3.51. The van der Waals surface area contributed by atoms with Gasteiger partial charge in [0.15, 0.2) is 0 Å². The Kier molecular flexibility index (Phi) is 11.5. The maximum Gasteiger partial charge on any atom is 0.0107 e. The fraction of sp³-hybridized carbons (Fsp3) is 1.00. The van der Waals surface area contributed by atoms with Crippen LogP contribution in [0.15, 0.2) is 0 Å². The molecule has 5 nitrogen and oxygen atoms in total. The Labute approximate surface area is 120 Å². The van der Waals surface area contributed by atoms with Crippen molar-refractivity contribution in [2.24, 2.45) is 0 Å². The molecular weight excluding hydrogens is 238 g/mol. The van der Waals surface area contributed by atoms with Crippen LogP contribution in [0, 0.1) is 0 Å². The molecule has 0 aliphatic heterocycles. The van der Waals surface area contributed by atoms with E-state index in [-0.39, 0.29) is 0 Å². The fourth-order valence-electron chi connectivity index (χ4n) is 1.63. The van der Waals surface area contributed by atoms with E-state index in [2.05, 4.69) is 67.2 Å². The van der Waals surface area contributed by atoms with Crippen LogP contribution >= 0.6 is 0 Å². The van der Waals surface area contributed by atoms with Gasteiger partial charge in [0.2, 0.25) is 0 Å². The average Bonchev–Trinajstić information content (AvgIpc) is 2.33. The predicted molar refractivity (Wildman–Crippen MR) is 85.0 cm³/mol. The summed E-state index contributed by atoms with van der Waals surface area (Å²) in [5.41, 5.74) is 0. The lowest BCUT2D eigenvalue weighted by Crippen LogP contribution is -2.37.